The van der Waals surface area contributed by atoms with Gasteiger partial charge in [0.1, 0.15) is 0 Å². The van der Waals surface area contributed by atoms with E-state index in [0.717, 1.165) is 11.3 Å². The first-order chi connectivity index (χ1) is 13.5. The normalized spacial score (nSPS) is 33.6. The first-order valence-corrected chi connectivity index (χ1v) is 12.1. The molecule has 2 aromatic carbocycles. The molecule has 1 saturated heterocycles. The maximum Gasteiger partial charge on any atom is 0.238 e. The lowest BCUT2D eigenvalue weighted by Crippen LogP contribution is -2.37. The largest absolute Gasteiger partial charge is 0.274 e. The fourth-order valence-corrected chi connectivity index (χ4v) is 7.70. The number of amides is 2. The lowest BCUT2D eigenvalue weighted by atomic mass is 9.81. The van der Waals surface area contributed by atoms with E-state index in [1.807, 2.05) is 24.3 Å². The third-order valence-electron chi connectivity index (χ3n) is 6.34. The van der Waals surface area contributed by atoms with E-state index in [2.05, 4.69) is 63.0 Å². The molecule has 0 N–H and O–H groups in total. The van der Waals surface area contributed by atoms with Gasteiger partial charge in [0.05, 0.1) is 17.5 Å². The third kappa shape index (κ3) is 2.83. The van der Waals surface area contributed by atoms with Gasteiger partial charge in [-0.1, -0.05) is 61.3 Å². The van der Waals surface area contributed by atoms with Crippen LogP contribution in [-0.2, 0) is 9.59 Å². The topological polar surface area (TPSA) is 37.4 Å². The van der Waals surface area contributed by atoms with Gasteiger partial charge in [-0.05, 0) is 61.6 Å². The number of nitrogens with zero attached hydrogens (tertiary/aromatic N) is 1. The van der Waals surface area contributed by atoms with E-state index in [4.69, 9.17) is 0 Å². The van der Waals surface area contributed by atoms with Crippen LogP contribution in [0.1, 0.15) is 12.0 Å². The highest BCUT2D eigenvalue weighted by Crippen LogP contribution is 2.60. The molecule has 5 rings (SSSR count). The van der Waals surface area contributed by atoms with Crippen molar-refractivity contribution in [2.24, 2.45) is 23.7 Å². The Bertz CT molecular complexity index is 914. The Kier molecular flexibility index (Phi) is 4.72. The number of aryl methyl sites for hydroxylation is 1. The summed E-state index contributed by atoms with van der Waals surface area (Å²) in [5.41, 5.74) is 1.93. The molecule has 3 fully saturated rings. The fraction of sp³-hybridized carbons (Fsp3) is 0.364. The van der Waals surface area contributed by atoms with Crippen LogP contribution in [0.5, 0.6) is 0 Å². The van der Waals surface area contributed by atoms with E-state index in [1.165, 1.54) is 15.4 Å². The van der Waals surface area contributed by atoms with Crippen molar-refractivity contribution in [3.05, 3.63) is 54.1 Å². The van der Waals surface area contributed by atoms with Crippen LogP contribution in [0.3, 0.4) is 0 Å². The number of anilines is 1. The van der Waals surface area contributed by atoms with E-state index in [0.29, 0.717) is 5.69 Å². The first kappa shape index (κ1) is 18.9. The molecule has 2 amide bonds. The van der Waals surface area contributed by atoms with E-state index in [9.17, 15) is 9.59 Å². The van der Waals surface area contributed by atoms with E-state index < -0.39 is 0 Å². The summed E-state index contributed by atoms with van der Waals surface area (Å²) < 4.78 is 0. The van der Waals surface area contributed by atoms with Gasteiger partial charge < -0.3 is 0 Å². The fourth-order valence-electron chi connectivity index (χ4n) is 5.01. The van der Waals surface area contributed by atoms with Gasteiger partial charge in [-0.25, -0.2) is 0 Å². The molecule has 2 saturated carbocycles. The van der Waals surface area contributed by atoms with Crippen LogP contribution in [0.2, 0.25) is 0 Å². The highest BCUT2D eigenvalue weighted by molar-refractivity contribution is 9.12. The van der Waals surface area contributed by atoms with Crippen LogP contribution >= 0.6 is 43.6 Å². The predicted molar refractivity (Wildman–Crippen MR) is 118 cm³/mol. The quantitative estimate of drug-likeness (QED) is 0.400. The molecule has 6 atom stereocenters. The van der Waals surface area contributed by atoms with E-state index in [-0.39, 0.29) is 45.1 Å². The number of halogens is 2. The first-order valence-electron chi connectivity index (χ1n) is 9.46. The maximum atomic E-state index is 13.1. The molecule has 144 valence electrons. The highest BCUT2D eigenvalue weighted by atomic mass is 79.9. The number of carbonyl (C=O) groups is 2. The molecule has 2 bridgehead atoms. The van der Waals surface area contributed by atoms with Crippen molar-refractivity contribution >= 4 is 61.1 Å². The zero-order chi connectivity index (χ0) is 19.6. The van der Waals surface area contributed by atoms with Crippen molar-refractivity contribution in [1.82, 2.24) is 0 Å². The van der Waals surface area contributed by atoms with E-state index in [1.54, 1.807) is 11.8 Å². The molecule has 3 nitrogen and oxygen atoms in total. The van der Waals surface area contributed by atoms with Gasteiger partial charge in [0.25, 0.3) is 0 Å². The number of hydrogen-bond donors (Lipinski definition) is 0. The van der Waals surface area contributed by atoms with Gasteiger partial charge >= 0.3 is 0 Å². The summed E-state index contributed by atoms with van der Waals surface area (Å²) in [6, 6.07) is 16.2. The van der Waals surface area contributed by atoms with Crippen LogP contribution in [0.15, 0.2) is 58.3 Å². The maximum absolute atomic E-state index is 13.1. The minimum atomic E-state index is -0.169. The second-order valence-corrected chi connectivity index (χ2v) is 11.2. The number of carbonyl (C=O) groups excluding carboxylic acids is 2. The summed E-state index contributed by atoms with van der Waals surface area (Å²) in [4.78, 5) is 30.4. The highest BCUT2D eigenvalue weighted by Gasteiger charge is 2.66. The zero-order valence-electron chi connectivity index (χ0n) is 15.2. The Morgan fingerprint density at radius 3 is 1.79 bits per heavy atom. The molecule has 6 unspecified atom stereocenters. The second kappa shape index (κ2) is 6.99. The molecule has 0 spiro atoms. The van der Waals surface area contributed by atoms with Crippen molar-refractivity contribution in [1.29, 1.82) is 0 Å². The summed E-state index contributed by atoms with van der Waals surface area (Å²) in [5, 5.41) is 0. The SMILES string of the molecule is Cc1ccc(Sc2ccc(N3C(=O)C4C5CC(C(Br)C5Br)C4C3=O)cc2)cc1. The summed E-state index contributed by atoms with van der Waals surface area (Å²) in [5.74, 6) is 0.111. The minimum absolute atomic E-state index is 0.0229. The standard InChI is InChI=1S/C22H19Br2NO2S/c1-11-2-6-13(7-3-11)28-14-8-4-12(5-9-14)25-21(26)17-15-10-16(18(17)22(25)27)20(24)19(15)23/h2-9,15-20H,10H2,1H3. The molecule has 2 aromatic rings. The average molecular weight is 521 g/mol. The Morgan fingerprint density at radius 2 is 1.29 bits per heavy atom. The molecular weight excluding hydrogens is 502 g/mol. The van der Waals surface area contributed by atoms with Crippen LogP contribution in [-0.4, -0.2) is 21.5 Å². The molecule has 6 heteroatoms. The molecule has 2 aliphatic carbocycles. The minimum Gasteiger partial charge on any atom is -0.274 e. The summed E-state index contributed by atoms with van der Waals surface area (Å²) in [6.07, 6.45) is 0.957. The molecule has 28 heavy (non-hydrogen) atoms. The van der Waals surface area contributed by atoms with E-state index >= 15 is 0 Å². The number of fused-ring (bicyclic) bond motifs is 5. The number of hydrogen-bond acceptors (Lipinski definition) is 3. The monoisotopic (exact) mass is 519 g/mol. The molecule has 1 heterocycles. The van der Waals surface area contributed by atoms with Gasteiger partial charge in [-0.3, -0.25) is 14.5 Å². The zero-order valence-corrected chi connectivity index (χ0v) is 19.2. The third-order valence-corrected chi connectivity index (χ3v) is 10.6. The van der Waals surface area contributed by atoms with Crippen molar-refractivity contribution < 1.29 is 9.59 Å². The molecular formula is C22H19Br2NO2S. The summed E-state index contributed by atoms with van der Waals surface area (Å²) in [7, 11) is 0. The predicted octanol–water partition coefficient (Wildman–Crippen LogP) is 5.43. The van der Waals surface area contributed by atoms with Crippen molar-refractivity contribution in [2.45, 2.75) is 32.8 Å². The Balaban J connectivity index is 1.37. The average Bonchev–Trinajstić information content (AvgIpc) is 3.29. The number of alkyl halides is 2. The molecule has 1 aliphatic heterocycles. The lowest BCUT2D eigenvalue weighted by Gasteiger charge is -2.28. The van der Waals surface area contributed by atoms with Gasteiger partial charge in [-0.15, -0.1) is 0 Å². The second-order valence-electron chi connectivity index (χ2n) is 7.92. The number of imide groups is 1. The van der Waals surface area contributed by atoms with Crippen LogP contribution in [0.4, 0.5) is 5.69 Å². The number of benzene rings is 2. The molecule has 0 radical (unpaired) electrons. The van der Waals surface area contributed by atoms with Crippen molar-refractivity contribution in [2.75, 3.05) is 4.90 Å². The van der Waals surface area contributed by atoms with Gasteiger partial charge in [0, 0.05) is 19.4 Å². The summed E-state index contributed by atoms with van der Waals surface area (Å²) in [6.45, 7) is 2.07. The Hall–Kier alpha value is -1.11. The molecule has 0 aromatic heterocycles. The Labute approximate surface area is 185 Å². The molecule has 3 aliphatic rings. The van der Waals surface area contributed by atoms with Crippen molar-refractivity contribution in [3.63, 3.8) is 0 Å². The van der Waals surface area contributed by atoms with Crippen LogP contribution in [0.25, 0.3) is 0 Å². The van der Waals surface area contributed by atoms with Gasteiger partial charge in [0.2, 0.25) is 11.8 Å². The Morgan fingerprint density at radius 1 is 0.821 bits per heavy atom. The van der Waals surface area contributed by atoms with Crippen LogP contribution < -0.4 is 4.90 Å². The smallest absolute Gasteiger partial charge is 0.238 e. The van der Waals surface area contributed by atoms with Gasteiger partial charge in [0.15, 0.2) is 0 Å². The van der Waals surface area contributed by atoms with Crippen molar-refractivity contribution in [3.8, 4) is 0 Å². The summed E-state index contributed by atoms with van der Waals surface area (Å²) >= 11 is 9.15. The lowest BCUT2D eigenvalue weighted by molar-refractivity contribution is -0.123. The number of rotatable bonds is 3. The van der Waals surface area contributed by atoms with Crippen LogP contribution in [0, 0.1) is 30.6 Å². The van der Waals surface area contributed by atoms with Gasteiger partial charge in [-0.2, -0.15) is 0 Å².